The van der Waals surface area contributed by atoms with Gasteiger partial charge < -0.3 is 9.73 Å². The fourth-order valence-electron chi connectivity index (χ4n) is 3.30. The Bertz CT molecular complexity index is 1200. The van der Waals surface area contributed by atoms with Crippen LogP contribution in [0.4, 0.5) is 0 Å². The Morgan fingerprint density at radius 1 is 1.09 bits per heavy atom. The number of nitrogens with one attached hydrogen (secondary N) is 1. The molecule has 0 atom stereocenters. The molecule has 1 N–H and O–H groups in total. The second kappa shape index (κ2) is 10.2. The molecule has 168 valence electrons. The van der Waals surface area contributed by atoms with Gasteiger partial charge in [-0.05, 0) is 35.7 Å². The van der Waals surface area contributed by atoms with Crippen LogP contribution < -0.4 is 5.32 Å². The van der Waals surface area contributed by atoms with Crippen molar-refractivity contribution in [3.8, 4) is 11.3 Å². The van der Waals surface area contributed by atoms with Gasteiger partial charge in [0.2, 0.25) is 0 Å². The number of hydrogen-bond donors (Lipinski definition) is 1. The maximum Gasteiger partial charge on any atom is 0.266 e. The average Bonchev–Trinajstić information content (AvgIpc) is 3.38. The molecule has 0 unspecified atom stereocenters. The highest BCUT2D eigenvalue weighted by molar-refractivity contribution is 8.26. The summed E-state index contributed by atoms with van der Waals surface area (Å²) < 4.78 is 6.48. The number of thiocarbonyl (C=S) groups is 1. The summed E-state index contributed by atoms with van der Waals surface area (Å²) in [5.41, 5.74) is 2.48. The number of hydrogen-bond acceptors (Lipinski definition) is 5. The molecule has 2 amide bonds. The monoisotopic (exact) mass is 476 g/mol. The average molecular weight is 477 g/mol. The lowest BCUT2D eigenvalue weighted by Gasteiger charge is -2.14. The van der Waals surface area contributed by atoms with Gasteiger partial charge in [-0.25, -0.2) is 0 Å². The minimum atomic E-state index is -0.122. The van der Waals surface area contributed by atoms with Crippen LogP contribution in [-0.2, 0) is 11.3 Å². The Labute approximate surface area is 202 Å². The van der Waals surface area contributed by atoms with Gasteiger partial charge in [0.05, 0.1) is 11.4 Å². The van der Waals surface area contributed by atoms with Crippen molar-refractivity contribution in [2.45, 2.75) is 20.4 Å². The molecular weight excluding hydrogens is 452 g/mol. The summed E-state index contributed by atoms with van der Waals surface area (Å²) in [4.78, 5) is 27.2. The van der Waals surface area contributed by atoms with E-state index in [0.29, 0.717) is 45.3 Å². The zero-order valence-electron chi connectivity index (χ0n) is 18.4. The Morgan fingerprint density at radius 2 is 1.82 bits per heavy atom. The molecule has 2 aromatic carbocycles. The molecule has 1 aliphatic rings. The minimum Gasteiger partial charge on any atom is -0.457 e. The molecule has 0 saturated carbocycles. The predicted octanol–water partition coefficient (Wildman–Crippen LogP) is 5.73. The maximum atomic E-state index is 12.9. The number of nitrogens with zero attached hydrogens (tertiary/aromatic N) is 1. The van der Waals surface area contributed by atoms with Crippen LogP contribution >= 0.6 is 24.0 Å². The zero-order valence-corrected chi connectivity index (χ0v) is 20.0. The fraction of sp³-hybridized carbons (Fsp3) is 0.192. The Kier molecular flexibility index (Phi) is 7.11. The normalized spacial score (nSPS) is 15.0. The summed E-state index contributed by atoms with van der Waals surface area (Å²) in [7, 11) is 0. The first-order valence-corrected chi connectivity index (χ1v) is 11.9. The molecule has 4 rings (SSSR count). The molecule has 0 aliphatic carbocycles. The van der Waals surface area contributed by atoms with E-state index in [1.807, 2.05) is 54.6 Å². The second-order valence-corrected chi connectivity index (χ2v) is 9.81. The lowest BCUT2D eigenvalue weighted by atomic mass is 10.1. The molecule has 7 heteroatoms. The number of furan rings is 1. The Balaban J connectivity index is 1.44. The van der Waals surface area contributed by atoms with Crippen molar-refractivity contribution in [3.63, 3.8) is 0 Å². The van der Waals surface area contributed by atoms with E-state index in [1.165, 1.54) is 11.8 Å². The van der Waals surface area contributed by atoms with Gasteiger partial charge in [0.1, 0.15) is 15.8 Å². The SMILES string of the molecule is CC(C)CNC(=O)c1ccc(-c2ccc(/C=C3/SC(=S)N(Cc4ccccc4)C3=O)o2)cc1. The highest BCUT2D eigenvalue weighted by Gasteiger charge is 2.32. The van der Waals surface area contributed by atoms with Crippen molar-refractivity contribution in [1.29, 1.82) is 0 Å². The molecule has 33 heavy (non-hydrogen) atoms. The van der Waals surface area contributed by atoms with Crippen LogP contribution in [0.2, 0.25) is 0 Å². The van der Waals surface area contributed by atoms with Gasteiger partial charge in [-0.15, -0.1) is 0 Å². The zero-order chi connectivity index (χ0) is 23.4. The quantitative estimate of drug-likeness (QED) is 0.348. The molecule has 3 aromatic rings. The van der Waals surface area contributed by atoms with Crippen LogP contribution in [0.5, 0.6) is 0 Å². The molecule has 1 fully saturated rings. The van der Waals surface area contributed by atoms with Crippen LogP contribution in [0.3, 0.4) is 0 Å². The van der Waals surface area contributed by atoms with Crippen LogP contribution in [0.1, 0.15) is 35.5 Å². The highest BCUT2D eigenvalue weighted by Crippen LogP contribution is 2.34. The summed E-state index contributed by atoms with van der Waals surface area (Å²) in [6, 6.07) is 20.7. The van der Waals surface area contributed by atoms with E-state index < -0.39 is 0 Å². The first kappa shape index (κ1) is 23.0. The number of carbonyl (C=O) groups is 2. The number of thioether (sulfide) groups is 1. The fourth-order valence-corrected chi connectivity index (χ4v) is 4.54. The summed E-state index contributed by atoms with van der Waals surface area (Å²) >= 11 is 6.70. The first-order valence-electron chi connectivity index (χ1n) is 10.7. The van der Waals surface area contributed by atoms with E-state index in [-0.39, 0.29) is 11.8 Å². The molecular formula is C26H24N2O3S2. The molecule has 1 aliphatic heterocycles. The molecule has 1 saturated heterocycles. The summed E-state index contributed by atoms with van der Waals surface area (Å²) in [6.07, 6.45) is 1.72. The number of amides is 2. The van der Waals surface area contributed by atoms with E-state index in [9.17, 15) is 9.59 Å². The second-order valence-electron chi connectivity index (χ2n) is 8.14. The topological polar surface area (TPSA) is 62.6 Å². The van der Waals surface area contributed by atoms with Gasteiger partial charge >= 0.3 is 0 Å². The molecule has 1 aromatic heterocycles. The van der Waals surface area contributed by atoms with Crippen molar-refractivity contribution >= 4 is 46.2 Å². The summed E-state index contributed by atoms with van der Waals surface area (Å²) in [6.45, 7) is 5.20. The standard InChI is InChI=1S/C26H24N2O3S2/c1-17(2)15-27-24(29)20-10-8-19(9-11-20)22-13-12-21(31-22)14-23-25(30)28(26(32)33-23)16-18-6-4-3-5-7-18/h3-14,17H,15-16H2,1-2H3,(H,27,29)/b23-14+. The largest absolute Gasteiger partial charge is 0.457 e. The lowest BCUT2D eigenvalue weighted by molar-refractivity contribution is -0.122. The molecule has 0 bridgehead atoms. The Morgan fingerprint density at radius 3 is 2.52 bits per heavy atom. The minimum absolute atomic E-state index is 0.0899. The van der Waals surface area contributed by atoms with E-state index >= 15 is 0 Å². The van der Waals surface area contributed by atoms with Gasteiger partial charge in [-0.1, -0.05) is 80.3 Å². The molecule has 0 spiro atoms. The maximum absolute atomic E-state index is 12.9. The van der Waals surface area contributed by atoms with Crippen molar-refractivity contribution < 1.29 is 14.0 Å². The van der Waals surface area contributed by atoms with Crippen molar-refractivity contribution in [2.24, 2.45) is 5.92 Å². The van der Waals surface area contributed by atoms with E-state index in [0.717, 1.165) is 11.1 Å². The summed E-state index contributed by atoms with van der Waals surface area (Å²) in [5.74, 6) is 1.42. The van der Waals surface area contributed by atoms with Crippen molar-refractivity contribution in [3.05, 3.63) is 88.5 Å². The molecule has 5 nitrogen and oxygen atoms in total. The predicted molar refractivity (Wildman–Crippen MR) is 136 cm³/mol. The van der Waals surface area contributed by atoms with Crippen LogP contribution in [0, 0.1) is 5.92 Å². The third-order valence-electron chi connectivity index (χ3n) is 5.06. The van der Waals surface area contributed by atoms with Crippen LogP contribution in [0.25, 0.3) is 17.4 Å². The Hall–Kier alpha value is -3.16. The smallest absolute Gasteiger partial charge is 0.266 e. The lowest BCUT2D eigenvalue weighted by Crippen LogP contribution is -2.27. The van der Waals surface area contributed by atoms with E-state index in [2.05, 4.69) is 19.2 Å². The van der Waals surface area contributed by atoms with Gasteiger partial charge in [-0.3, -0.25) is 14.5 Å². The van der Waals surface area contributed by atoms with Crippen LogP contribution in [0.15, 0.2) is 76.1 Å². The molecule has 2 heterocycles. The van der Waals surface area contributed by atoms with E-state index in [4.69, 9.17) is 16.6 Å². The molecule has 0 radical (unpaired) electrons. The van der Waals surface area contributed by atoms with Crippen molar-refractivity contribution in [2.75, 3.05) is 6.54 Å². The number of benzene rings is 2. The van der Waals surface area contributed by atoms with E-state index in [1.54, 1.807) is 23.1 Å². The highest BCUT2D eigenvalue weighted by atomic mass is 32.2. The third-order valence-corrected chi connectivity index (χ3v) is 6.44. The van der Waals surface area contributed by atoms with Gasteiger partial charge in [0, 0.05) is 23.7 Å². The van der Waals surface area contributed by atoms with Gasteiger partial charge in [-0.2, -0.15) is 0 Å². The number of rotatable bonds is 7. The van der Waals surface area contributed by atoms with Crippen molar-refractivity contribution in [1.82, 2.24) is 10.2 Å². The van der Waals surface area contributed by atoms with Gasteiger partial charge in [0.25, 0.3) is 11.8 Å². The van der Waals surface area contributed by atoms with Crippen LogP contribution in [-0.4, -0.2) is 27.6 Å². The first-order chi connectivity index (χ1) is 15.9. The summed E-state index contributed by atoms with van der Waals surface area (Å²) in [5, 5.41) is 2.91. The third kappa shape index (κ3) is 5.61. The number of carbonyl (C=O) groups excluding carboxylic acids is 2. The van der Waals surface area contributed by atoms with Gasteiger partial charge in [0.15, 0.2) is 0 Å².